The molecule has 2 fully saturated rings. The molecule has 2 aliphatic rings. The minimum atomic E-state index is 0. The molecule has 21 heavy (non-hydrogen) atoms. The maximum Gasteiger partial charge on any atom is 0 e. The van der Waals surface area contributed by atoms with Crippen molar-refractivity contribution in [2.45, 2.75) is 13.8 Å². The van der Waals surface area contributed by atoms with Crippen molar-refractivity contribution in [2.24, 2.45) is 0 Å². The van der Waals surface area contributed by atoms with Gasteiger partial charge in [-0.05, 0) is 102 Å². The molecule has 0 unspecified atom stereocenters. The Bertz CT molecular complexity index is 173. The molecule has 0 N–H and O–H groups in total. The van der Waals surface area contributed by atoms with Crippen LogP contribution in [0.4, 0.5) is 0 Å². The summed E-state index contributed by atoms with van der Waals surface area (Å²) in [6.45, 7) is 13.6. The van der Waals surface area contributed by atoms with E-state index in [9.17, 15) is 0 Å². The molecule has 0 nitrogen and oxygen atoms in total. The molecule has 3 heteroatoms. The van der Waals surface area contributed by atoms with Gasteiger partial charge in [-0.3, -0.25) is 0 Å². The van der Waals surface area contributed by atoms with E-state index >= 15 is 0 Å². The predicted molar refractivity (Wildman–Crippen MR) is 99.5 cm³/mol. The fourth-order valence-electron chi connectivity index (χ4n) is 1.34. The van der Waals surface area contributed by atoms with Crippen molar-refractivity contribution in [1.82, 2.24) is 0 Å². The summed E-state index contributed by atoms with van der Waals surface area (Å²) in [7, 11) is 0.766. The second-order valence-corrected chi connectivity index (χ2v) is 10.7. The van der Waals surface area contributed by atoms with E-state index in [0.29, 0.717) is 15.8 Å². The second kappa shape index (κ2) is 16.2. The molecular formula is C18H30MnP2. The van der Waals surface area contributed by atoms with Crippen molar-refractivity contribution in [2.75, 3.05) is 39.0 Å². The number of hydrogen-bond donors (Lipinski definition) is 0. The fourth-order valence-corrected chi connectivity index (χ4v) is 4.54. The zero-order chi connectivity index (χ0) is 15.4. The van der Waals surface area contributed by atoms with Crippen LogP contribution < -0.4 is 0 Å². The quantitative estimate of drug-likeness (QED) is 0.472. The minimum absolute atomic E-state index is 0. The summed E-state index contributed by atoms with van der Waals surface area (Å²) in [5, 5.41) is 0. The maximum absolute atomic E-state index is 2.36. The van der Waals surface area contributed by atoms with Gasteiger partial charge in [0.25, 0.3) is 0 Å². The topological polar surface area (TPSA) is 0 Å². The van der Waals surface area contributed by atoms with E-state index in [1.54, 1.807) is 0 Å². The molecule has 0 heterocycles. The average molecular weight is 363 g/mol. The summed E-state index contributed by atoms with van der Waals surface area (Å²) in [6, 6.07) is 0. The zero-order valence-corrected chi connectivity index (χ0v) is 17.3. The summed E-state index contributed by atoms with van der Waals surface area (Å²) < 4.78 is 0. The smallest absolute Gasteiger partial charge is 0 e. The van der Waals surface area contributed by atoms with Gasteiger partial charge in [0.05, 0.1) is 0 Å². The monoisotopic (exact) mass is 363 g/mol. The molecule has 2 saturated carbocycles. The van der Waals surface area contributed by atoms with Gasteiger partial charge in [0.1, 0.15) is 0 Å². The van der Waals surface area contributed by atoms with Crippen molar-refractivity contribution in [3.63, 3.8) is 0 Å². The standard InChI is InChI=1S/C6H16P2.2C6H7.Mn/c1-7(2)5-6-8(3)4;2*1-6-4-2-3-5-6;/h5-6H2,1-4H3;2*2-5H,1H3;. The van der Waals surface area contributed by atoms with Crippen LogP contribution in [0.5, 0.6) is 0 Å². The third-order valence-electron chi connectivity index (χ3n) is 2.65. The fraction of sp³-hybridized carbons (Fsp3) is 0.444. The van der Waals surface area contributed by atoms with E-state index in [1.807, 2.05) is 25.7 Å². The Balaban J connectivity index is 0. The first-order chi connectivity index (χ1) is 9.41. The van der Waals surface area contributed by atoms with Gasteiger partial charge in [-0.1, -0.05) is 13.8 Å². The normalized spacial score (nSPS) is 18.9. The van der Waals surface area contributed by atoms with Crippen LogP contribution in [0, 0.1) is 63.2 Å². The summed E-state index contributed by atoms with van der Waals surface area (Å²) in [4.78, 5) is 0. The van der Waals surface area contributed by atoms with Gasteiger partial charge >= 0.3 is 0 Å². The molecule has 0 aliphatic heterocycles. The molecule has 2 rings (SSSR count). The second-order valence-electron chi connectivity index (χ2n) is 5.53. The van der Waals surface area contributed by atoms with Crippen LogP contribution in [0.3, 0.4) is 0 Å². The molecule has 0 aromatic heterocycles. The predicted octanol–water partition coefficient (Wildman–Crippen LogP) is 5.29. The molecule has 0 saturated heterocycles. The van der Waals surface area contributed by atoms with Crippen molar-refractivity contribution in [1.29, 1.82) is 0 Å². The molecule has 0 atom stereocenters. The Hall–Kier alpha value is 1.38. The molecule has 0 aromatic carbocycles. The summed E-state index contributed by atoms with van der Waals surface area (Å²) >= 11 is 0. The maximum atomic E-state index is 2.36. The third kappa shape index (κ3) is 19.3. The average Bonchev–Trinajstić information content (AvgIpc) is 3.02. The third-order valence-corrected chi connectivity index (χ3v) is 5.24. The van der Waals surface area contributed by atoms with Gasteiger partial charge in [-0.2, -0.15) is 0 Å². The first-order valence-corrected chi connectivity index (χ1v) is 11.9. The van der Waals surface area contributed by atoms with Gasteiger partial charge in [-0.25, -0.2) is 0 Å². The zero-order valence-electron chi connectivity index (χ0n) is 14.3. The molecule has 0 bridgehead atoms. The van der Waals surface area contributed by atoms with E-state index in [2.05, 4.69) is 66.2 Å². The van der Waals surface area contributed by atoms with E-state index in [1.165, 1.54) is 24.2 Å². The summed E-state index contributed by atoms with van der Waals surface area (Å²) in [5.74, 6) is 2.69. The molecular weight excluding hydrogens is 333 g/mol. The van der Waals surface area contributed by atoms with E-state index in [-0.39, 0.29) is 17.1 Å². The van der Waals surface area contributed by atoms with Gasteiger partial charge in [0.15, 0.2) is 0 Å². The molecule has 119 valence electrons. The van der Waals surface area contributed by atoms with Gasteiger partial charge in [-0.15, -0.1) is 15.8 Å². The first-order valence-electron chi connectivity index (χ1n) is 7.08. The van der Waals surface area contributed by atoms with Crippen molar-refractivity contribution in [3.05, 3.63) is 63.2 Å². The van der Waals surface area contributed by atoms with E-state index < -0.39 is 0 Å². The Morgan fingerprint density at radius 3 is 0.952 bits per heavy atom. The van der Waals surface area contributed by atoms with Crippen LogP contribution >= 0.6 is 15.8 Å². The SMILES string of the molecule is CP(C)CCP(C)C.C[C]1[CH][CH][CH][CH]1.C[C]1[CH][CH][CH][CH]1.[Mn]. The molecule has 11 radical (unpaired) electrons. The Morgan fingerprint density at radius 1 is 0.619 bits per heavy atom. The van der Waals surface area contributed by atoms with Crippen molar-refractivity contribution < 1.29 is 17.1 Å². The minimum Gasteiger partial charge on any atom is -0.113 e. The van der Waals surface area contributed by atoms with E-state index in [4.69, 9.17) is 0 Å². The van der Waals surface area contributed by atoms with Crippen LogP contribution in [0.1, 0.15) is 13.8 Å². The first kappa shape index (κ1) is 24.6. The van der Waals surface area contributed by atoms with Crippen molar-refractivity contribution in [3.8, 4) is 0 Å². The van der Waals surface area contributed by atoms with Crippen molar-refractivity contribution >= 4 is 15.8 Å². The van der Waals surface area contributed by atoms with Crippen LogP contribution in [-0.4, -0.2) is 39.0 Å². The molecule has 0 aromatic rings. The largest absolute Gasteiger partial charge is 0.113 e. The van der Waals surface area contributed by atoms with E-state index in [0.717, 1.165) is 0 Å². The van der Waals surface area contributed by atoms with Crippen LogP contribution in [-0.2, 0) is 17.1 Å². The summed E-state index contributed by atoms with van der Waals surface area (Å²) in [5.41, 5.74) is 0. The van der Waals surface area contributed by atoms with Crippen LogP contribution in [0.15, 0.2) is 0 Å². The van der Waals surface area contributed by atoms with Crippen LogP contribution in [0.2, 0.25) is 0 Å². The van der Waals surface area contributed by atoms with Gasteiger partial charge in [0.2, 0.25) is 0 Å². The molecule has 2 aliphatic carbocycles. The van der Waals surface area contributed by atoms with Gasteiger partial charge < -0.3 is 0 Å². The van der Waals surface area contributed by atoms with Gasteiger partial charge in [0, 0.05) is 17.1 Å². The van der Waals surface area contributed by atoms with Crippen LogP contribution in [0.25, 0.3) is 0 Å². The Kier molecular flexibility index (Phi) is 19.1. The Morgan fingerprint density at radius 2 is 0.857 bits per heavy atom. The number of rotatable bonds is 3. The molecule has 0 spiro atoms. The summed E-state index contributed by atoms with van der Waals surface area (Å²) in [6.07, 6.45) is 19.4. The number of hydrogen-bond acceptors (Lipinski definition) is 0. The molecule has 0 amide bonds. The Labute approximate surface area is 149 Å².